The smallest absolute Gasteiger partial charge is 0.416 e. The number of amides is 1. The molecule has 3 aromatic carbocycles. The highest BCUT2D eigenvalue weighted by atomic mass is 35.5. The number of hydrogen-bond donors (Lipinski definition) is 0. The first kappa shape index (κ1) is 28.7. The van der Waals surface area contributed by atoms with Crippen LogP contribution in [0.3, 0.4) is 0 Å². The van der Waals surface area contributed by atoms with Gasteiger partial charge in [-0.2, -0.15) is 13.2 Å². The van der Waals surface area contributed by atoms with E-state index in [9.17, 15) is 28.1 Å². The maximum Gasteiger partial charge on any atom is 0.416 e. The van der Waals surface area contributed by atoms with Gasteiger partial charge < -0.3 is 4.74 Å². The van der Waals surface area contributed by atoms with Gasteiger partial charge in [-0.3, -0.25) is 19.8 Å². The number of aliphatic imine (C=N–C) groups is 1. The van der Waals surface area contributed by atoms with Crippen molar-refractivity contribution in [2.75, 3.05) is 0 Å². The van der Waals surface area contributed by atoms with Gasteiger partial charge in [-0.15, -0.1) is 0 Å². The molecule has 1 aliphatic carbocycles. The molecule has 0 bridgehead atoms. The number of rotatable bonds is 6. The summed E-state index contributed by atoms with van der Waals surface area (Å²) in [6, 6.07) is 16.0. The Kier molecular flexibility index (Phi) is 8.37. The van der Waals surface area contributed by atoms with E-state index in [4.69, 9.17) is 21.3 Å². The maximum absolute atomic E-state index is 13.6. The SMILES string of the molecule is O=C1/C(=C/c2ccc(Oc3ccc(C(F)(F)F)cc3[N+](=O)[O-])c(Cl)c2)SC(=Nc2ccccc2)N1C1CCCCC1. The summed E-state index contributed by atoms with van der Waals surface area (Å²) in [5, 5.41) is 12.1. The number of halogens is 4. The van der Waals surface area contributed by atoms with Crippen molar-refractivity contribution in [3.63, 3.8) is 0 Å². The lowest BCUT2D eigenvalue weighted by molar-refractivity contribution is -0.385. The summed E-state index contributed by atoms with van der Waals surface area (Å²) in [7, 11) is 0. The Hall–Kier alpha value is -3.83. The van der Waals surface area contributed by atoms with E-state index in [0.717, 1.165) is 43.9 Å². The molecule has 1 heterocycles. The van der Waals surface area contributed by atoms with Gasteiger partial charge in [-0.05, 0) is 72.6 Å². The van der Waals surface area contributed by atoms with Gasteiger partial charge in [0, 0.05) is 12.1 Å². The van der Waals surface area contributed by atoms with E-state index in [2.05, 4.69) is 0 Å². The van der Waals surface area contributed by atoms with Crippen molar-refractivity contribution in [1.82, 2.24) is 4.90 Å². The third-order valence-corrected chi connectivity index (χ3v) is 7.99. The molecular formula is C29H23ClF3N3O4S. The Bertz CT molecular complexity index is 1540. The molecule has 12 heteroatoms. The zero-order valence-electron chi connectivity index (χ0n) is 21.4. The van der Waals surface area contributed by atoms with Crippen molar-refractivity contribution >= 4 is 51.9 Å². The van der Waals surface area contributed by atoms with Crippen LogP contribution in [0.2, 0.25) is 5.02 Å². The van der Waals surface area contributed by atoms with E-state index in [1.165, 1.54) is 23.9 Å². The molecule has 0 unspecified atom stereocenters. The molecule has 0 radical (unpaired) electrons. The minimum absolute atomic E-state index is 0.0113. The van der Waals surface area contributed by atoms with Crippen molar-refractivity contribution in [3.8, 4) is 11.5 Å². The molecule has 2 aliphatic rings. The van der Waals surface area contributed by atoms with Crippen LogP contribution in [0.4, 0.5) is 24.5 Å². The van der Waals surface area contributed by atoms with Crippen LogP contribution in [0.1, 0.15) is 43.2 Å². The van der Waals surface area contributed by atoms with Gasteiger partial charge in [0.1, 0.15) is 5.75 Å². The number of carbonyl (C=O) groups excluding carboxylic acids is 1. The van der Waals surface area contributed by atoms with Crippen LogP contribution in [0.15, 0.2) is 76.6 Å². The predicted octanol–water partition coefficient (Wildman–Crippen LogP) is 9.00. The zero-order chi connectivity index (χ0) is 29.1. The second-order valence-corrected chi connectivity index (χ2v) is 11.0. The molecule has 1 saturated carbocycles. The quantitative estimate of drug-likeness (QED) is 0.160. The zero-order valence-corrected chi connectivity index (χ0v) is 23.0. The fourth-order valence-corrected chi connectivity index (χ4v) is 6.01. The summed E-state index contributed by atoms with van der Waals surface area (Å²) in [5.74, 6) is -0.520. The Morgan fingerprint density at radius 2 is 1.73 bits per heavy atom. The summed E-state index contributed by atoms with van der Waals surface area (Å²) < 4.78 is 44.6. The monoisotopic (exact) mass is 601 g/mol. The summed E-state index contributed by atoms with van der Waals surface area (Å²) >= 11 is 7.67. The Labute approximate surface area is 242 Å². The second kappa shape index (κ2) is 12.0. The molecule has 0 aromatic heterocycles. The summed E-state index contributed by atoms with van der Waals surface area (Å²) in [6.07, 6.45) is 1.98. The molecule has 5 rings (SSSR count). The Morgan fingerprint density at radius 3 is 2.39 bits per heavy atom. The van der Waals surface area contributed by atoms with Crippen LogP contribution in [0.25, 0.3) is 6.08 Å². The molecule has 1 saturated heterocycles. The number of nitro benzene ring substituents is 1. The molecule has 1 amide bonds. The predicted molar refractivity (Wildman–Crippen MR) is 152 cm³/mol. The van der Waals surface area contributed by atoms with E-state index in [0.29, 0.717) is 27.8 Å². The number of thioether (sulfide) groups is 1. The molecule has 3 aromatic rings. The molecule has 41 heavy (non-hydrogen) atoms. The van der Waals surface area contributed by atoms with Crippen LogP contribution < -0.4 is 4.74 Å². The van der Waals surface area contributed by atoms with Crippen LogP contribution in [0, 0.1) is 10.1 Å². The standard InChI is InChI=1S/C29H23ClF3N3O4S/c30-22-15-18(11-13-24(22)40-25-14-12-19(29(31,32)33)17-23(25)36(38)39)16-26-27(37)35(21-9-5-2-6-10-21)28(41-26)34-20-7-3-1-4-8-20/h1,3-4,7-8,11-17,21H,2,5-6,9-10H2/b26-16-,34-28?. The molecule has 0 spiro atoms. The van der Waals surface area contributed by atoms with Crippen LogP contribution in [0.5, 0.6) is 11.5 Å². The lowest BCUT2D eigenvalue weighted by Crippen LogP contribution is -2.40. The Balaban J connectivity index is 1.41. The molecular weight excluding hydrogens is 579 g/mol. The normalized spacial score (nSPS) is 18.3. The number of benzene rings is 3. The first-order valence-corrected chi connectivity index (χ1v) is 14.0. The number of para-hydroxylation sites is 1. The minimum atomic E-state index is -4.75. The lowest BCUT2D eigenvalue weighted by atomic mass is 9.94. The number of amidine groups is 1. The van der Waals surface area contributed by atoms with Gasteiger partial charge in [0.2, 0.25) is 5.75 Å². The summed E-state index contributed by atoms with van der Waals surface area (Å²) in [6.45, 7) is 0. The number of hydrogen-bond acceptors (Lipinski definition) is 6. The average molecular weight is 602 g/mol. The van der Waals surface area contributed by atoms with E-state index in [-0.39, 0.29) is 28.5 Å². The highest BCUT2D eigenvalue weighted by Gasteiger charge is 2.39. The number of alkyl halides is 3. The average Bonchev–Trinajstić information content (AvgIpc) is 3.24. The molecule has 0 atom stereocenters. The topological polar surface area (TPSA) is 85.0 Å². The number of carbonyl (C=O) groups is 1. The first-order valence-electron chi connectivity index (χ1n) is 12.8. The minimum Gasteiger partial charge on any atom is -0.449 e. The molecule has 1 aliphatic heterocycles. The highest BCUT2D eigenvalue weighted by Crippen LogP contribution is 2.41. The third kappa shape index (κ3) is 6.57. The van der Waals surface area contributed by atoms with Gasteiger partial charge in [-0.1, -0.05) is 55.1 Å². The number of nitro groups is 1. The van der Waals surface area contributed by atoms with E-state index >= 15 is 0 Å². The molecule has 212 valence electrons. The van der Waals surface area contributed by atoms with Gasteiger partial charge >= 0.3 is 11.9 Å². The largest absolute Gasteiger partial charge is 0.449 e. The van der Waals surface area contributed by atoms with Crippen molar-refractivity contribution in [2.24, 2.45) is 4.99 Å². The van der Waals surface area contributed by atoms with E-state index < -0.39 is 22.4 Å². The fourth-order valence-electron chi connectivity index (χ4n) is 4.72. The van der Waals surface area contributed by atoms with Gasteiger partial charge in [0.05, 0.1) is 26.1 Å². The van der Waals surface area contributed by atoms with Gasteiger partial charge in [-0.25, -0.2) is 4.99 Å². The van der Waals surface area contributed by atoms with Crippen LogP contribution in [-0.4, -0.2) is 26.9 Å². The highest BCUT2D eigenvalue weighted by molar-refractivity contribution is 8.18. The van der Waals surface area contributed by atoms with E-state index in [1.54, 1.807) is 17.0 Å². The number of nitrogens with zero attached hydrogens (tertiary/aromatic N) is 3. The van der Waals surface area contributed by atoms with Crippen LogP contribution in [-0.2, 0) is 11.0 Å². The van der Waals surface area contributed by atoms with Crippen molar-refractivity contribution in [3.05, 3.63) is 97.9 Å². The molecule has 7 nitrogen and oxygen atoms in total. The van der Waals surface area contributed by atoms with E-state index in [1.807, 2.05) is 30.3 Å². The van der Waals surface area contributed by atoms with Crippen molar-refractivity contribution in [1.29, 1.82) is 0 Å². The second-order valence-electron chi connectivity index (χ2n) is 9.54. The fraction of sp³-hybridized carbons (Fsp3) is 0.241. The molecule has 0 N–H and O–H groups in total. The number of ether oxygens (including phenoxy) is 1. The molecule has 2 fully saturated rings. The van der Waals surface area contributed by atoms with Crippen LogP contribution >= 0.6 is 23.4 Å². The third-order valence-electron chi connectivity index (χ3n) is 6.71. The van der Waals surface area contributed by atoms with Gasteiger partial charge in [0.15, 0.2) is 5.17 Å². The Morgan fingerprint density at radius 1 is 1.02 bits per heavy atom. The lowest BCUT2D eigenvalue weighted by Gasteiger charge is -2.30. The van der Waals surface area contributed by atoms with Gasteiger partial charge in [0.25, 0.3) is 5.91 Å². The summed E-state index contributed by atoms with van der Waals surface area (Å²) in [5.41, 5.74) is -0.694. The van der Waals surface area contributed by atoms with Crippen molar-refractivity contribution in [2.45, 2.75) is 44.3 Å². The van der Waals surface area contributed by atoms with Crippen molar-refractivity contribution < 1.29 is 27.6 Å². The maximum atomic E-state index is 13.6. The first-order chi connectivity index (χ1) is 19.6. The summed E-state index contributed by atoms with van der Waals surface area (Å²) in [4.78, 5) is 31.0.